The lowest BCUT2D eigenvalue weighted by molar-refractivity contribution is -0.133. The average Bonchev–Trinajstić information content (AvgIpc) is 2.96. The summed E-state index contributed by atoms with van der Waals surface area (Å²) in [6.07, 6.45) is 2.91. The number of benzene rings is 1. The van der Waals surface area contributed by atoms with Crippen molar-refractivity contribution < 1.29 is 14.6 Å². The molecule has 0 unspecified atom stereocenters. The number of ether oxygens (including phenoxy) is 1. The first kappa shape index (κ1) is 16.3. The number of carbonyl (C=O) groups is 1. The smallest absolute Gasteiger partial charge is 0.240 e. The summed E-state index contributed by atoms with van der Waals surface area (Å²) in [7, 11) is 1.66. The molecule has 1 amide bonds. The molecule has 0 aliphatic carbocycles. The molecule has 0 bridgehead atoms. The summed E-state index contributed by atoms with van der Waals surface area (Å²) >= 11 is 0. The van der Waals surface area contributed by atoms with E-state index >= 15 is 0 Å². The van der Waals surface area contributed by atoms with Gasteiger partial charge in [-0.3, -0.25) is 9.69 Å². The molecule has 0 radical (unpaired) electrons. The molecule has 2 fully saturated rings. The van der Waals surface area contributed by atoms with Gasteiger partial charge in [-0.15, -0.1) is 0 Å². The predicted octanol–water partition coefficient (Wildman–Crippen LogP) is 1.50. The van der Waals surface area contributed by atoms with Crippen LogP contribution in [0.15, 0.2) is 24.3 Å². The van der Waals surface area contributed by atoms with Gasteiger partial charge in [0.05, 0.1) is 13.2 Å². The minimum atomic E-state index is 0.0351. The average molecular weight is 318 g/mol. The number of methoxy groups -OCH3 is 1. The van der Waals surface area contributed by atoms with Gasteiger partial charge in [0, 0.05) is 19.7 Å². The van der Waals surface area contributed by atoms with Crippen molar-refractivity contribution in [2.75, 3.05) is 33.4 Å². The number of nitrogens with zero attached hydrogens (tertiary/aromatic N) is 2. The summed E-state index contributed by atoms with van der Waals surface area (Å²) in [4.78, 5) is 17.0. The van der Waals surface area contributed by atoms with Crippen molar-refractivity contribution in [2.24, 2.45) is 5.92 Å². The molecule has 2 aliphatic rings. The Morgan fingerprint density at radius 2 is 1.83 bits per heavy atom. The first-order valence-electron chi connectivity index (χ1n) is 8.48. The Balaban J connectivity index is 1.56. The Bertz CT molecular complexity index is 524. The lowest BCUT2D eigenvalue weighted by Crippen LogP contribution is -2.46. The highest BCUT2D eigenvalue weighted by atomic mass is 16.5. The van der Waals surface area contributed by atoms with E-state index in [2.05, 4.69) is 4.90 Å². The molecule has 0 aromatic heterocycles. The molecule has 5 nitrogen and oxygen atoms in total. The maximum absolute atomic E-state index is 12.7. The van der Waals surface area contributed by atoms with Gasteiger partial charge in [-0.05, 0) is 56.0 Å². The van der Waals surface area contributed by atoms with Gasteiger partial charge < -0.3 is 14.7 Å². The normalized spacial score (nSPS) is 23.5. The van der Waals surface area contributed by atoms with E-state index in [0.717, 1.165) is 50.2 Å². The van der Waals surface area contributed by atoms with Crippen LogP contribution in [-0.2, 0) is 11.3 Å². The van der Waals surface area contributed by atoms with Crippen LogP contribution in [0.3, 0.4) is 0 Å². The van der Waals surface area contributed by atoms with Crippen molar-refractivity contribution in [3.8, 4) is 5.75 Å². The Hall–Kier alpha value is -1.59. The molecule has 1 N–H and O–H groups in total. The molecule has 1 aromatic carbocycles. The van der Waals surface area contributed by atoms with Crippen molar-refractivity contribution in [1.82, 2.24) is 9.80 Å². The van der Waals surface area contributed by atoms with Crippen LogP contribution < -0.4 is 4.74 Å². The van der Waals surface area contributed by atoms with Crippen LogP contribution in [0.2, 0.25) is 0 Å². The monoisotopic (exact) mass is 318 g/mol. The molecule has 3 rings (SSSR count). The van der Waals surface area contributed by atoms with Crippen LogP contribution in [0, 0.1) is 5.92 Å². The summed E-state index contributed by atoms with van der Waals surface area (Å²) in [6, 6.07) is 7.95. The van der Waals surface area contributed by atoms with Gasteiger partial charge in [-0.25, -0.2) is 0 Å². The molecule has 0 saturated carbocycles. The fourth-order valence-corrected chi connectivity index (χ4v) is 3.62. The summed E-state index contributed by atoms with van der Waals surface area (Å²) in [5.41, 5.74) is 1.14. The number of carbonyl (C=O) groups excluding carboxylic acids is 1. The second-order valence-electron chi connectivity index (χ2n) is 6.57. The fraction of sp³-hybridized carbons (Fsp3) is 0.611. The maximum atomic E-state index is 12.7. The number of rotatable bonds is 5. The summed E-state index contributed by atoms with van der Waals surface area (Å²) < 4.78 is 5.17. The Morgan fingerprint density at radius 1 is 1.13 bits per heavy atom. The zero-order valence-corrected chi connectivity index (χ0v) is 13.8. The molecule has 2 aliphatic heterocycles. The van der Waals surface area contributed by atoms with Crippen molar-refractivity contribution in [3.63, 3.8) is 0 Å². The van der Waals surface area contributed by atoms with E-state index in [1.165, 1.54) is 0 Å². The highest BCUT2D eigenvalue weighted by molar-refractivity contribution is 5.84. The number of hydrogen-bond acceptors (Lipinski definition) is 4. The third-order valence-corrected chi connectivity index (χ3v) is 5.15. The minimum Gasteiger partial charge on any atom is -0.497 e. The van der Waals surface area contributed by atoms with Crippen LogP contribution in [0.1, 0.15) is 24.8 Å². The summed E-state index contributed by atoms with van der Waals surface area (Å²) in [5, 5.41) is 9.24. The van der Waals surface area contributed by atoms with E-state index in [9.17, 15) is 9.90 Å². The number of hydrogen-bond donors (Lipinski definition) is 1. The lowest BCUT2D eigenvalue weighted by Gasteiger charge is -2.34. The van der Waals surface area contributed by atoms with Gasteiger partial charge in [-0.1, -0.05) is 12.1 Å². The molecular weight excluding hydrogens is 292 g/mol. The van der Waals surface area contributed by atoms with Gasteiger partial charge >= 0.3 is 0 Å². The third-order valence-electron chi connectivity index (χ3n) is 5.15. The molecule has 2 heterocycles. The number of aliphatic hydroxyl groups excluding tert-OH is 1. The molecular formula is C18H26N2O3. The molecule has 23 heavy (non-hydrogen) atoms. The minimum absolute atomic E-state index is 0.0351. The first-order valence-corrected chi connectivity index (χ1v) is 8.48. The van der Waals surface area contributed by atoms with Crippen LogP contribution >= 0.6 is 0 Å². The van der Waals surface area contributed by atoms with Crippen molar-refractivity contribution >= 4 is 5.91 Å². The zero-order chi connectivity index (χ0) is 16.2. The highest BCUT2D eigenvalue weighted by Crippen LogP contribution is 2.25. The molecule has 5 heteroatoms. The van der Waals surface area contributed by atoms with Gasteiger partial charge in [0.2, 0.25) is 5.91 Å². The largest absolute Gasteiger partial charge is 0.497 e. The Morgan fingerprint density at radius 3 is 2.43 bits per heavy atom. The molecule has 0 spiro atoms. The third kappa shape index (κ3) is 3.67. The van der Waals surface area contributed by atoms with E-state index in [1.807, 2.05) is 29.2 Å². The van der Waals surface area contributed by atoms with Gasteiger partial charge in [-0.2, -0.15) is 0 Å². The number of amides is 1. The van der Waals surface area contributed by atoms with Crippen LogP contribution in [0.5, 0.6) is 5.75 Å². The van der Waals surface area contributed by atoms with Gasteiger partial charge in [0.25, 0.3) is 0 Å². The van der Waals surface area contributed by atoms with E-state index in [-0.39, 0.29) is 18.6 Å². The van der Waals surface area contributed by atoms with Crippen LogP contribution in [-0.4, -0.2) is 60.2 Å². The molecule has 1 atom stereocenters. The Labute approximate surface area is 137 Å². The predicted molar refractivity (Wildman–Crippen MR) is 88.2 cm³/mol. The second-order valence-corrected chi connectivity index (χ2v) is 6.57. The summed E-state index contributed by atoms with van der Waals surface area (Å²) in [6.45, 7) is 3.63. The van der Waals surface area contributed by atoms with E-state index in [0.29, 0.717) is 12.5 Å². The van der Waals surface area contributed by atoms with E-state index < -0.39 is 0 Å². The topological polar surface area (TPSA) is 53.0 Å². The number of piperidine rings is 1. The van der Waals surface area contributed by atoms with Crippen molar-refractivity contribution in [2.45, 2.75) is 31.8 Å². The van der Waals surface area contributed by atoms with Gasteiger partial charge in [0.15, 0.2) is 0 Å². The van der Waals surface area contributed by atoms with Crippen molar-refractivity contribution in [1.29, 1.82) is 0 Å². The standard InChI is InChI=1S/C18H26N2O3/c1-23-16-4-2-14(3-5-16)12-20-11-8-17(18(20)22)19-9-6-15(13-21)7-10-19/h2-5,15,17,21H,6-13H2,1H3/t17-/m0/s1. The zero-order valence-electron chi connectivity index (χ0n) is 13.8. The summed E-state index contributed by atoms with van der Waals surface area (Å²) in [5.74, 6) is 1.51. The lowest BCUT2D eigenvalue weighted by atomic mass is 9.96. The van der Waals surface area contributed by atoms with Gasteiger partial charge in [0.1, 0.15) is 5.75 Å². The maximum Gasteiger partial charge on any atom is 0.240 e. The molecule has 1 aromatic rings. The number of aliphatic hydroxyl groups is 1. The molecule has 126 valence electrons. The first-order chi connectivity index (χ1) is 11.2. The van der Waals surface area contributed by atoms with Crippen LogP contribution in [0.25, 0.3) is 0 Å². The van der Waals surface area contributed by atoms with Crippen LogP contribution in [0.4, 0.5) is 0 Å². The number of likely N-dealkylation sites (tertiary alicyclic amines) is 2. The van der Waals surface area contributed by atoms with Crippen molar-refractivity contribution in [3.05, 3.63) is 29.8 Å². The quantitative estimate of drug-likeness (QED) is 0.894. The Kier molecular flexibility index (Phi) is 5.18. The SMILES string of the molecule is COc1ccc(CN2CC[C@H](N3CCC(CO)CC3)C2=O)cc1. The fourth-order valence-electron chi connectivity index (χ4n) is 3.62. The van der Waals surface area contributed by atoms with E-state index in [4.69, 9.17) is 4.74 Å². The van der Waals surface area contributed by atoms with E-state index in [1.54, 1.807) is 7.11 Å². The second kappa shape index (κ2) is 7.32. The molecule has 2 saturated heterocycles. The highest BCUT2D eigenvalue weighted by Gasteiger charge is 2.37.